The van der Waals surface area contributed by atoms with Gasteiger partial charge in [-0.2, -0.15) is 0 Å². The topological polar surface area (TPSA) is 47.6 Å². The molecule has 0 aromatic heterocycles. The van der Waals surface area contributed by atoms with Crippen molar-refractivity contribution in [3.05, 3.63) is 35.9 Å². The lowest BCUT2D eigenvalue weighted by molar-refractivity contribution is -0.00664. The van der Waals surface area contributed by atoms with E-state index in [1.165, 1.54) is 12.8 Å². The molecule has 0 radical (unpaired) electrons. The summed E-state index contributed by atoms with van der Waals surface area (Å²) in [6.45, 7) is 14.1. The van der Waals surface area contributed by atoms with Crippen LogP contribution in [0.5, 0.6) is 0 Å². The molecule has 1 aromatic carbocycles. The molecule has 1 unspecified atom stereocenters. The fraction of sp³-hybridized carbons (Fsp3) is 0.778. The number of rotatable bonds is 9. The molecule has 0 saturated heterocycles. The van der Waals surface area contributed by atoms with Crippen LogP contribution in [0.1, 0.15) is 85.6 Å². The zero-order chi connectivity index (χ0) is 23.3. The van der Waals surface area contributed by atoms with Crippen molar-refractivity contribution in [3.63, 3.8) is 0 Å². The Kier molecular flexibility index (Phi) is 9.44. The van der Waals surface area contributed by atoms with Crippen molar-refractivity contribution in [3.8, 4) is 0 Å². The smallest absolute Gasteiger partial charge is 0.293 e. The van der Waals surface area contributed by atoms with Gasteiger partial charge in [-0.05, 0) is 66.8 Å². The van der Waals surface area contributed by atoms with Gasteiger partial charge in [-0.1, -0.05) is 84.7 Å². The molecule has 32 heavy (non-hydrogen) atoms. The lowest BCUT2D eigenvalue weighted by atomic mass is 9.75. The first-order chi connectivity index (χ1) is 15.2. The molecule has 1 N–H and O–H groups in total. The molecule has 2 saturated carbocycles. The van der Waals surface area contributed by atoms with Crippen molar-refractivity contribution in [2.75, 3.05) is 0 Å². The first-order valence-corrected chi connectivity index (χ1v) is 14.5. The Balaban J connectivity index is 1.81. The molecule has 0 heterocycles. The van der Waals surface area contributed by atoms with E-state index in [0.717, 1.165) is 31.2 Å². The average molecular weight is 464 g/mol. The normalized spacial score (nSPS) is 33.4. The molecule has 2 aliphatic rings. The van der Waals surface area contributed by atoms with Crippen LogP contribution >= 0.6 is 7.75 Å². The van der Waals surface area contributed by atoms with Crippen LogP contribution in [0, 0.1) is 35.5 Å². The highest BCUT2D eigenvalue weighted by Crippen LogP contribution is 2.53. The highest BCUT2D eigenvalue weighted by molar-refractivity contribution is 7.51. The second-order valence-corrected chi connectivity index (χ2v) is 13.0. The molecular formula is C27H46NO3P. The van der Waals surface area contributed by atoms with E-state index in [0.29, 0.717) is 42.1 Å². The minimum atomic E-state index is -3.48. The Morgan fingerprint density at radius 3 is 1.75 bits per heavy atom. The highest BCUT2D eigenvalue weighted by atomic mass is 31.2. The van der Waals surface area contributed by atoms with Gasteiger partial charge in [-0.15, -0.1) is 0 Å². The van der Waals surface area contributed by atoms with E-state index in [2.05, 4.69) is 58.8 Å². The number of benzene rings is 1. The molecule has 0 amide bonds. The molecule has 0 aliphatic heterocycles. The van der Waals surface area contributed by atoms with Crippen LogP contribution in [0.2, 0.25) is 0 Å². The van der Waals surface area contributed by atoms with Gasteiger partial charge in [0.15, 0.2) is 0 Å². The lowest BCUT2D eigenvalue weighted by Gasteiger charge is -2.41. The molecule has 2 fully saturated rings. The third-order valence-corrected chi connectivity index (χ3v) is 9.43. The highest BCUT2D eigenvalue weighted by Gasteiger charge is 2.42. The van der Waals surface area contributed by atoms with Crippen LogP contribution in [0.15, 0.2) is 30.3 Å². The molecule has 0 spiro atoms. The zero-order valence-electron chi connectivity index (χ0n) is 21.1. The predicted molar refractivity (Wildman–Crippen MR) is 133 cm³/mol. The number of hydrogen-bond acceptors (Lipinski definition) is 3. The van der Waals surface area contributed by atoms with Gasteiger partial charge in [0.05, 0.1) is 12.2 Å². The first-order valence-electron chi connectivity index (χ1n) is 12.9. The van der Waals surface area contributed by atoms with Crippen LogP contribution in [0.3, 0.4) is 0 Å². The average Bonchev–Trinajstić information content (AvgIpc) is 2.72. The third-order valence-electron chi connectivity index (χ3n) is 7.79. The summed E-state index contributed by atoms with van der Waals surface area (Å²) in [5.41, 5.74) is 1.09. The standard InChI is InChI=1S/C27H46NO3P/c1-19(2)24-14-12-21(5)16-26(24)30-32(29,28-18-23-10-8-7-9-11-23)31-27-17-22(6)13-15-25(27)20(3)4/h7-11,19-22,24-27H,12-18H2,1-6H3,(H,28,29)/t21-,22+,24-,25+,26-,27-,32?/m1/s1. The van der Waals surface area contributed by atoms with Gasteiger partial charge in [0.1, 0.15) is 0 Å². The third kappa shape index (κ3) is 7.16. The van der Waals surface area contributed by atoms with Crippen LogP contribution in [-0.2, 0) is 20.2 Å². The van der Waals surface area contributed by atoms with E-state index in [1.807, 2.05) is 18.2 Å². The maximum absolute atomic E-state index is 14.3. The van der Waals surface area contributed by atoms with Crippen molar-refractivity contribution in [1.29, 1.82) is 0 Å². The van der Waals surface area contributed by atoms with E-state index in [9.17, 15) is 4.57 Å². The summed E-state index contributed by atoms with van der Waals surface area (Å²) in [5.74, 6) is 3.05. The summed E-state index contributed by atoms with van der Waals surface area (Å²) in [6, 6.07) is 10.1. The Morgan fingerprint density at radius 1 is 0.844 bits per heavy atom. The number of nitrogens with one attached hydrogen (secondary N) is 1. The fourth-order valence-electron chi connectivity index (χ4n) is 5.71. The van der Waals surface area contributed by atoms with E-state index >= 15 is 0 Å². The SMILES string of the molecule is CC(C)[C@H]1CC[C@@H](C)C[C@H]1OP(=O)(NCc1ccccc1)O[C@@H]1C[C@@H](C)CC[C@H]1C(C)C. The zero-order valence-corrected chi connectivity index (χ0v) is 22.0. The van der Waals surface area contributed by atoms with Crippen molar-refractivity contribution >= 4 is 7.75 Å². The molecular weight excluding hydrogens is 417 g/mol. The van der Waals surface area contributed by atoms with Gasteiger partial charge in [0.2, 0.25) is 0 Å². The minimum absolute atomic E-state index is 0.0219. The Labute approximate surface area is 196 Å². The summed E-state index contributed by atoms with van der Waals surface area (Å²) in [4.78, 5) is 0. The van der Waals surface area contributed by atoms with Gasteiger partial charge < -0.3 is 0 Å². The minimum Gasteiger partial charge on any atom is -0.293 e. The van der Waals surface area contributed by atoms with E-state index in [4.69, 9.17) is 9.05 Å². The molecule has 5 heteroatoms. The Morgan fingerprint density at radius 2 is 1.31 bits per heavy atom. The van der Waals surface area contributed by atoms with Crippen molar-refractivity contribution in [1.82, 2.24) is 5.09 Å². The molecule has 4 nitrogen and oxygen atoms in total. The molecule has 3 rings (SSSR count). The van der Waals surface area contributed by atoms with Crippen molar-refractivity contribution < 1.29 is 13.6 Å². The van der Waals surface area contributed by atoms with Gasteiger partial charge in [-0.3, -0.25) is 9.05 Å². The first kappa shape index (κ1) is 25.9. The van der Waals surface area contributed by atoms with Crippen molar-refractivity contribution in [2.24, 2.45) is 35.5 Å². The summed E-state index contributed by atoms with van der Waals surface area (Å²) in [6.07, 6.45) is 6.59. The predicted octanol–water partition coefficient (Wildman–Crippen LogP) is 7.84. The molecule has 0 bridgehead atoms. The van der Waals surface area contributed by atoms with Gasteiger partial charge >= 0.3 is 7.75 Å². The summed E-state index contributed by atoms with van der Waals surface area (Å²) in [7, 11) is -3.48. The van der Waals surface area contributed by atoms with Gasteiger partial charge in [-0.25, -0.2) is 9.65 Å². The maximum Gasteiger partial charge on any atom is 0.406 e. The second kappa shape index (κ2) is 11.6. The fourth-order valence-corrected chi connectivity index (χ4v) is 7.48. The van der Waals surface area contributed by atoms with Crippen LogP contribution in [0.4, 0.5) is 0 Å². The monoisotopic (exact) mass is 463 g/mol. The summed E-state index contributed by atoms with van der Waals surface area (Å²) >= 11 is 0. The van der Waals surface area contributed by atoms with Gasteiger partial charge in [0, 0.05) is 6.54 Å². The maximum atomic E-state index is 14.3. The Bertz CT molecular complexity index is 700. The number of hydrogen-bond donors (Lipinski definition) is 1. The van der Waals surface area contributed by atoms with Crippen molar-refractivity contribution in [2.45, 2.75) is 98.8 Å². The van der Waals surface area contributed by atoms with Crippen LogP contribution in [0.25, 0.3) is 0 Å². The Hall–Kier alpha value is -0.670. The van der Waals surface area contributed by atoms with E-state index < -0.39 is 7.75 Å². The summed E-state index contributed by atoms with van der Waals surface area (Å²) < 4.78 is 27.4. The lowest BCUT2D eigenvalue weighted by Crippen LogP contribution is -2.38. The molecule has 182 valence electrons. The van der Waals surface area contributed by atoms with Gasteiger partial charge in [0.25, 0.3) is 0 Å². The van der Waals surface area contributed by atoms with Crippen LogP contribution < -0.4 is 5.09 Å². The van der Waals surface area contributed by atoms with E-state index in [1.54, 1.807) is 0 Å². The largest absolute Gasteiger partial charge is 0.406 e. The summed E-state index contributed by atoms with van der Waals surface area (Å²) in [5, 5.41) is 3.27. The molecule has 1 aromatic rings. The quantitative estimate of drug-likeness (QED) is 0.379. The second-order valence-electron chi connectivity index (χ2n) is 11.3. The molecule has 7 atom stereocenters. The van der Waals surface area contributed by atoms with E-state index in [-0.39, 0.29) is 12.2 Å². The van der Waals surface area contributed by atoms with Crippen LogP contribution in [-0.4, -0.2) is 12.2 Å². The molecule has 2 aliphatic carbocycles.